The second-order valence-corrected chi connectivity index (χ2v) is 20.3. The molecule has 6 heteroatoms. The van der Waals surface area contributed by atoms with Crippen molar-refractivity contribution in [3.05, 3.63) is 24.3 Å². The summed E-state index contributed by atoms with van der Waals surface area (Å²) in [5, 5.41) is 0. The minimum atomic E-state index is -0.770. The Bertz CT molecular complexity index is 1080. The Hall–Kier alpha value is -2.11. The van der Waals surface area contributed by atoms with Gasteiger partial charge in [-0.3, -0.25) is 14.4 Å². The average Bonchev–Trinajstić information content (AvgIpc) is 3.33. The van der Waals surface area contributed by atoms with Crippen molar-refractivity contribution < 1.29 is 28.6 Å². The van der Waals surface area contributed by atoms with Crippen molar-refractivity contribution in [1.29, 1.82) is 0 Å². The molecule has 394 valence electrons. The van der Waals surface area contributed by atoms with Gasteiger partial charge in [0.1, 0.15) is 13.2 Å². The van der Waals surface area contributed by atoms with Crippen LogP contribution in [-0.2, 0) is 28.6 Å². The molecule has 1 unspecified atom stereocenters. The van der Waals surface area contributed by atoms with E-state index in [1.165, 1.54) is 218 Å². The van der Waals surface area contributed by atoms with E-state index in [0.717, 1.165) is 70.6 Å². The fourth-order valence-corrected chi connectivity index (χ4v) is 8.95. The lowest BCUT2D eigenvalue weighted by atomic mass is 10.0. The number of allylic oxidation sites excluding steroid dienone is 4. The van der Waals surface area contributed by atoms with Crippen LogP contribution in [0.25, 0.3) is 0 Å². The lowest BCUT2D eigenvalue weighted by Gasteiger charge is -2.18. The first-order chi connectivity index (χ1) is 33.0. The quantitative estimate of drug-likeness (QED) is 0.0262. The van der Waals surface area contributed by atoms with E-state index in [-0.39, 0.29) is 31.1 Å². The lowest BCUT2D eigenvalue weighted by molar-refractivity contribution is -0.167. The first-order valence-electron chi connectivity index (χ1n) is 29.8. The van der Waals surface area contributed by atoms with Gasteiger partial charge in [-0.05, 0) is 51.4 Å². The Morgan fingerprint density at radius 1 is 0.299 bits per heavy atom. The predicted molar refractivity (Wildman–Crippen MR) is 289 cm³/mol. The summed E-state index contributed by atoms with van der Waals surface area (Å²) in [4.78, 5) is 38.2. The Labute approximate surface area is 417 Å². The third kappa shape index (κ3) is 54.7. The monoisotopic (exact) mass is 943 g/mol. The van der Waals surface area contributed by atoms with Crippen LogP contribution in [0.3, 0.4) is 0 Å². The van der Waals surface area contributed by atoms with Gasteiger partial charge in [0.25, 0.3) is 0 Å². The number of hydrogen-bond acceptors (Lipinski definition) is 6. The van der Waals surface area contributed by atoms with E-state index in [9.17, 15) is 14.4 Å². The standard InChI is InChI=1S/C61H114O6/c1-4-7-10-13-16-19-22-25-27-29-31-33-34-36-39-42-45-48-51-54-60(63)66-57-58(56-65-59(62)53-50-47-44-41-38-24-21-18-15-12-9-6-3)67-61(64)55-52-49-46-43-40-37-35-32-30-28-26-23-20-17-14-11-8-5-2/h20,23,28,30,58H,4-19,21-22,24-27,29,31-57H2,1-3H3/b23-20-,30-28-. The smallest absolute Gasteiger partial charge is 0.306 e. The second kappa shape index (κ2) is 56.5. The minimum absolute atomic E-state index is 0.0689. The minimum Gasteiger partial charge on any atom is -0.462 e. The Morgan fingerprint density at radius 2 is 0.537 bits per heavy atom. The van der Waals surface area contributed by atoms with E-state index in [2.05, 4.69) is 45.1 Å². The predicted octanol–water partition coefficient (Wildman–Crippen LogP) is 19.9. The molecule has 0 fully saturated rings. The van der Waals surface area contributed by atoms with E-state index in [0.29, 0.717) is 19.3 Å². The fraction of sp³-hybridized carbons (Fsp3) is 0.885. The van der Waals surface area contributed by atoms with E-state index in [1.54, 1.807) is 0 Å². The summed E-state index contributed by atoms with van der Waals surface area (Å²) < 4.78 is 16.9. The number of rotatable bonds is 55. The highest BCUT2D eigenvalue weighted by molar-refractivity contribution is 5.71. The molecule has 0 aromatic rings. The maximum atomic E-state index is 12.9. The van der Waals surface area contributed by atoms with Crippen LogP contribution in [0.5, 0.6) is 0 Å². The molecule has 1 atom stereocenters. The molecule has 0 aliphatic carbocycles. The maximum Gasteiger partial charge on any atom is 0.306 e. The van der Waals surface area contributed by atoms with Crippen LogP contribution in [0.15, 0.2) is 24.3 Å². The highest BCUT2D eigenvalue weighted by Crippen LogP contribution is 2.17. The highest BCUT2D eigenvalue weighted by atomic mass is 16.6. The number of unbranched alkanes of at least 4 members (excludes halogenated alkanes) is 40. The molecular formula is C61H114O6. The summed E-state index contributed by atoms with van der Waals surface area (Å²) in [7, 11) is 0. The molecule has 0 bridgehead atoms. The maximum absolute atomic E-state index is 12.9. The summed E-state index contributed by atoms with van der Waals surface area (Å²) in [6.07, 6.45) is 66.0. The summed E-state index contributed by atoms with van der Waals surface area (Å²) >= 11 is 0. The molecule has 0 aromatic heterocycles. The van der Waals surface area contributed by atoms with Crippen molar-refractivity contribution in [3.8, 4) is 0 Å². The van der Waals surface area contributed by atoms with Crippen molar-refractivity contribution in [2.45, 2.75) is 335 Å². The Kier molecular flexibility index (Phi) is 54.7. The summed E-state index contributed by atoms with van der Waals surface area (Å²) in [5.41, 5.74) is 0. The molecule has 0 spiro atoms. The lowest BCUT2D eigenvalue weighted by Crippen LogP contribution is -2.30. The van der Waals surface area contributed by atoms with Crippen LogP contribution >= 0.6 is 0 Å². The first-order valence-corrected chi connectivity index (χ1v) is 29.8. The van der Waals surface area contributed by atoms with Crippen LogP contribution in [0.2, 0.25) is 0 Å². The van der Waals surface area contributed by atoms with Crippen molar-refractivity contribution in [1.82, 2.24) is 0 Å². The van der Waals surface area contributed by atoms with E-state index in [1.807, 2.05) is 0 Å². The van der Waals surface area contributed by atoms with Crippen LogP contribution < -0.4 is 0 Å². The third-order valence-corrected chi connectivity index (χ3v) is 13.5. The SMILES string of the molecule is CCCCCC/C=C\C/C=C\CCCCCCCCCC(=O)OC(COC(=O)CCCCCCCCCCCCCC)COC(=O)CCCCCCCCCCCCCCCCCCCCC. The van der Waals surface area contributed by atoms with Gasteiger partial charge in [-0.1, -0.05) is 283 Å². The molecule has 67 heavy (non-hydrogen) atoms. The van der Waals surface area contributed by atoms with Crippen LogP contribution in [-0.4, -0.2) is 37.2 Å². The largest absolute Gasteiger partial charge is 0.462 e. The molecular weight excluding hydrogens is 829 g/mol. The van der Waals surface area contributed by atoms with Crippen molar-refractivity contribution in [2.24, 2.45) is 0 Å². The topological polar surface area (TPSA) is 78.9 Å². The molecule has 0 saturated heterocycles. The molecule has 0 aliphatic rings. The van der Waals surface area contributed by atoms with Gasteiger partial charge in [0.15, 0.2) is 6.10 Å². The molecule has 0 radical (unpaired) electrons. The zero-order chi connectivity index (χ0) is 48.6. The molecule has 0 aliphatic heterocycles. The highest BCUT2D eigenvalue weighted by Gasteiger charge is 2.19. The first kappa shape index (κ1) is 64.9. The van der Waals surface area contributed by atoms with Crippen molar-refractivity contribution in [2.75, 3.05) is 13.2 Å². The van der Waals surface area contributed by atoms with Gasteiger partial charge in [0.2, 0.25) is 0 Å². The number of carbonyl (C=O) groups is 3. The molecule has 0 N–H and O–H groups in total. The summed E-state index contributed by atoms with van der Waals surface area (Å²) in [6, 6.07) is 0. The molecule has 0 rings (SSSR count). The van der Waals surface area contributed by atoms with Gasteiger partial charge in [-0.15, -0.1) is 0 Å². The van der Waals surface area contributed by atoms with Gasteiger partial charge in [0.05, 0.1) is 0 Å². The molecule has 0 aromatic carbocycles. The summed E-state index contributed by atoms with van der Waals surface area (Å²) in [6.45, 7) is 6.67. The fourth-order valence-electron chi connectivity index (χ4n) is 8.95. The normalized spacial score (nSPS) is 12.1. The van der Waals surface area contributed by atoms with E-state index >= 15 is 0 Å². The van der Waals surface area contributed by atoms with Crippen LogP contribution in [0.1, 0.15) is 329 Å². The van der Waals surface area contributed by atoms with Gasteiger partial charge < -0.3 is 14.2 Å². The van der Waals surface area contributed by atoms with E-state index in [4.69, 9.17) is 14.2 Å². The van der Waals surface area contributed by atoms with Gasteiger partial charge >= 0.3 is 17.9 Å². The van der Waals surface area contributed by atoms with Gasteiger partial charge in [-0.25, -0.2) is 0 Å². The van der Waals surface area contributed by atoms with Crippen molar-refractivity contribution >= 4 is 17.9 Å². The van der Waals surface area contributed by atoms with Crippen LogP contribution in [0, 0.1) is 0 Å². The zero-order valence-electron chi connectivity index (χ0n) is 45.2. The van der Waals surface area contributed by atoms with Gasteiger partial charge in [0, 0.05) is 19.3 Å². The number of ether oxygens (including phenoxy) is 3. The second-order valence-electron chi connectivity index (χ2n) is 20.3. The number of carbonyl (C=O) groups excluding carboxylic acids is 3. The molecule has 0 saturated carbocycles. The Balaban J connectivity index is 4.30. The van der Waals surface area contributed by atoms with E-state index < -0.39 is 6.10 Å². The number of hydrogen-bond donors (Lipinski definition) is 0. The molecule has 0 amide bonds. The van der Waals surface area contributed by atoms with Gasteiger partial charge in [-0.2, -0.15) is 0 Å². The average molecular weight is 944 g/mol. The number of esters is 3. The molecule has 6 nitrogen and oxygen atoms in total. The summed E-state index contributed by atoms with van der Waals surface area (Å²) in [5.74, 6) is -0.854. The third-order valence-electron chi connectivity index (χ3n) is 13.5. The van der Waals surface area contributed by atoms with Crippen molar-refractivity contribution in [3.63, 3.8) is 0 Å². The zero-order valence-corrected chi connectivity index (χ0v) is 45.2. The van der Waals surface area contributed by atoms with Crippen LogP contribution in [0.4, 0.5) is 0 Å². The molecule has 0 heterocycles. The Morgan fingerprint density at radius 3 is 0.836 bits per heavy atom.